The zero-order valence-electron chi connectivity index (χ0n) is 22.9. The summed E-state index contributed by atoms with van der Waals surface area (Å²) in [6.45, 7) is 3.81. The number of carboxylic acid groups (broad SMARTS) is 1. The lowest BCUT2D eigenvalue weighted by atomic mass is 9.95. The molecule has 0 aliphatic carbocycles. The number of pyridine rings is 1. The Morgan fingerprint density at radius 3 is 2.76 bits per heavy atom. The first-order valence-corrected chi connectivity index (χ1v) is 13.6. The van der Waals surface area contributed by atoms with Gasteiger partial charge < -0.3 is 30.0 Å². The van der Waals surface area contributed by atoms with Gasteiger partial charge in [-0.15, -0.1) is 0 Å². The molecule has 214 valence electrons. The lowest BCUT2D eigenvalue weighted by molar-refractivity contribution is -0.132. The van der Waals surface area contributed by atoms with Gasteiger partial charge in [0.15, 0.2) is 11.6 Å². The van der Waals surface area contributed by atoms with Gasteiger partial charge in [0, 0.05) is 44.1 Å². The average molecular weight is 561 g/mol. The molecule has 0 atom stereocenters. The number of anilines is 1. The van der Waals surface area contributed by atoms with Gasteiger partial charge in [-0.3, -0.25) is 4.90 Å². The standard InChI is InChI=1S/C31H33FN4O5/c1-39-30(25(17-33)31(37)38)35-28-7-3-6-27(34-28)24-4-2-5-26(32)29(24)41-19-20-8-9-22-18-36(13-10-21(22)16-20)23-11-14-40-15-12-23/h2-9,16-17,23,33H,10-15,18-19H2,1H3,(H,34,35)(H,37,38)/b30-25-,33-17?. The van der Waals surface area contributed by atoms with E-state index in [4.69, 9.17) is 19.6 Å². The molecule has 0 saturated carbocycles. The van der Waals surface area contributed by atoms with E-state index in [0.29, 0.717) is 23.5 Å². The van der Waals surface area contributed by atoms with Crippen LogP contribution in [0.5, 0.6) is 5.75 Å². The van der Waals surface area contributed by atoms with Gasteiger partial charge in [-0.25, -0.2) is 14.2 Å². The second kappa shape index (κ2) is 12.9. The molecule has 0 amide bonds. The number of methoxy groups -OCH3 is 1. The van der Waals surface area contributed by atoms with Gasteiger partial charge in [0.25, 0.3) is 0 Å². The summed E-state index contributed by atoms with van der Waals surface area (Å²) in [5.41, 5.74) is 4.10. The number of fused-ring (bicyclic) bond motifs is 1. The first-order chi connectivity index (χ1) is 20.0. The maximum atomic E-state index is 15.0. The Balaban J connectivity index is 1.32. The molecule has 9 nitrogen and oxygen atoms in total. The number of nitrogens with zero attached hydrogens (tertiary/aromatic N) is 2. The predicted octanol–water partition coefficient (Wildman–Crippen LogP) is 5.01. The third kappa shape index (κ3) is 6.55. The van der Waals surface area contributed by atoms with Gasteiger partial charge in [0.05, 0.1) is 12.8 Å². The van der Waals surface area contributed by atoms with E-state index in [2.05, 4.69) is 27.3 Å². The fourth-order valence-corrected chi connectivity index (χ4v) is 5.32. The quantitative estimate of drug-likeness (QED) is 0.180. The zero-order valence-corrected chi connectivity index (χ0v) is 22.9. The number of ether oxygens (including phenoxy) is 3. The van der Waals surface area contributed by atoms with Gasteiger partial charge in [-0.05, 0) is 60.2 Å². The third-order valence-electron chi connectivity index (χ3n) is 7.46. The number of halogens is 1. The summed E-state index contributed by atoms with van der Waals surface area (Å²) >= 11 is 0. The van der Waals surface area contributed by atoms with Crippen LogP contribution in [0.25, 0.3) is 11.3 Å². The topological polar surface area (TPSA) is 117 Å². The van der Waals surface area contributed by atoms with Crippen molar-refractivity contribution in [2.45, 2.75) is 38.5 Å². The number of rotatable bonds is 10. The van der Waals surface area contributed by atoms with Gasteiger partial charge in [0.2, 0.25) is 5.88 Å². The molecule has 41 heavy (non-hydrogen) atoms. The van der Waals surface area contributed by atoms with E-state index in [0.717, 1.165) is 51.1 Å². The second-order valence-corrected chi connectivity index (χ2v) is 10.0. The number of nitrogens with one attached hydrogen (secondary N) is 2. The molecule has 0 unspecified atom stereocenters. The number of hydrogen-bond acceptors (Lipinski definition) is 8. The van der Waals surface area contributed by atoms with E-state index in [9.17, 15) is 9.90 Å². The van der Waals surface area contributed by atoms with Crippen LogP contribution in [0.2, 0.25) is 0 Å². The minimum absolute atomic E-state index is 0.0776. The van der Waals surface area contributed by atoms with Crippen molar-refractivity contribution in [2.24, 2.45) is 0 Å². The summed E-state index contributed by atoms with van der Waals surface area (Å²) < 4.78 is 31.7. The maximum Gasteiger partial charge on any atom is 0.342 e. The zero-order chi connectivity index (χ0) is 28.8. The Morgan fingerprint density at radius 1 is 1.20 bits per heavy atom. The first-order valence-electron chi connectivity index (χ1n) is 13.6. The van der Waals surface area contributed by atoms with Crippen molar-refractivity contribution < 1.29 is 28.5 Å². The van der Waals surface area contributed by atoms with E-state index in [1.807, 2.05) is 6.07 Å². The molecule has 10 heteroatoms. The van der Waals surface area contributed by atoms with Crippen molar-refractivity contribution in [1.29, 1.82) is 5.41 Å². The summed E-state index contributed by atoms with van der Waals surface area (Å²) in [6.07, 6.45) is 3.81. The van der Waals surface area contributed by atoms with Crippen molar-refractivity contribution in [2.75, 3.05) is 32.2 Å². The van der Waals surface area contributed by atoms with Crippen LogP contribution in [0, 0.1) is 11.2 Å². The van der Waals surface area contributed by atoms with E-state index in [-0.39, 0.29) is 29.6 Å². The summed E-state index contributed by atoms with van der Waals surface area (Å²) in [7, 11) is 1.29. The fraction of sp³-hybridized carbons (Fsp3) is 0.323. The van der Waals surface area contributed by atoms with Crippen LogP contribution >= 0.6 is 0 Å². The number of aromatic nitrogens is 1. The van der Waals surface area contributed by atoms with Crippen LogP contribution < -0.4 is 10.1 Å². The smallest absolute Gasteiger partial charge is 0.342 e. The third-order valence-corrected chi connectivity index (χ3v) is 7.46. The van der Waals surface area contributed by atoms with Crippen LogP contribution in [0.3, 0.4) is 0 Å². The van der Waals surface area contributed by atoms with Crippen molar-refractivity contribution in [1.82, 2.24) is 9.88 Å². The van der Waals surface area contributed by atoms with Gasteiger partial charge in [-0.1, -0.05) is 30.3 Å². The lowest BCUT2D eigenvalue weighted by Gasteiger charge is -2.37. The molecular weight excluding hydrogens is 527 g/mol. The number of aliphatic carboxylic acids is 1. The molecular formula is C31H33FN4O5. The van der Waals surface area contributed by atoms with E-state index in [1.165, 1.54) is 24.3 Å². The van der Waals surface area contributed by atoms with Crippen molar-refractivity contribution in [3.63, 3.8) is 0 Å². The Bertz CT molecular complexity index is 1450. The number of hydrogen-bond donors (Lipinski definition) is 3. The van der Waals surface area contributed by atoms with Gasteiger partial charge in [0.1, 0.15) is 18.0 Å². The molecule has 0 bridgehead atoms. The van der Waals surface area contributed by atoms with Crippen molar-refractivity contribution >= 4 is 18.0 Å². The Hall–Kier alpha value is -4.28. The first kappa shape index (κ1) is 28.3. The largest absolute Gasteiger partial charge is 0.485 e. The highest BCUT2D eigenvalue weighted by molar-refractivity contribution is 6.08. The molecule has 1 aromatic heterocycles. The molecule has 1 saturated heterocycles. The predicted molar refractivity (Wildman–Crippen MR) is 152 cm³/mol. The summed E-state index contributed by atoms with van der Waals surface area (Å²) in [5.74, 6) is -1.63. The molecule has 2 aliphatic heterocycles. The Morgan fingerprint density at radius 2 is 2.00 bits per heavy atom. The molecule has 2 aromatic carbocycles. The van der Waals surface area contributed by atoms with Crippen LogP contribution in [-0.4, -0.2) is 60.1 Å². The number of carboxylic acids is 1. The molecule has 1 fully saturated rings. The molecule has 3 aromatic rings. The number of carbonyl (C=O) groups is 1. The monoisotopic (exact) mass is 560 g/mol. The summed E-state index contributed by atoms with van der Waals surface area (Å²) in [5, 5.41) is 19.5. The fourth-order valence-electron chi connectivity index (χ4n) is 5.32. The Kier molecular flexibility index (Phi) is 8.91. The molecule has 5 rings (SSSR count). The number of para-hydroxylation sites is 1. The van der Waals surface area contributed by atoms with E-state index < -0.39 is 11.8 Å². The molecule has 3 N–H and O–H groups in total. The summed E-state index contributed by atoms with van der Waals surface area (Å²) in [4.78, 5) is 18.5. The highest BCUT2D eigenvalue weighted by atomic mass is 19.1. The van der Waals surface area contributed by atoms with Crippen LogP contribution in [0.1, 0.15) is 29.5 Å². The van der Waals surface area contributed by atoms with Crippen molar-refractivity contribution in [3.8, 4) is 17.0 Å². The summed E-state index contributed by atoms with van der Waals surface area (Å²) in [6, 6.07) is 16.6. The second-order valence-electron chi connectivity index (χ2n) is 10.0. The molecule has 3 heterocycles. The van der Waals surface area contributed by atoms with Crippen molar-refractivity contribution in [3.05, 3.63) is 88.6 Å². The SMILES string of the molecule is CO/C(Nc1cccc(-c2cccc(F)c2OCc2ccc3c(c2)CCN(C2CCOCC2)C3)n1)=C(/C=N)C(=O)O. The minimum atomic E-state index is -1.32. The van der Waals surface area contributed by atoms with E-state index in [1.54, 1.807) is 30.3 Å². The number of benzene rings is 2. The lowest BCUT2D eigenvalue weighted by Crippen LogP contribution is -2.42. The minimum Gasteiger partial charge on any atom is -0.485 e. The van der Waals surface area contributed by atoms with Crippen LogP contribution in [0.15, 0.2) is 66.1 Å². The average Bonchev–Trinajstić information content (AvgIpc) is 3.00. The van der Waals surface area contributed by atoms with Crippen LogP contribution in [0.4, 0.5) is 10.2 Å². The van der Waals surface area contributed by atoms with Gasteiger partial charge >= 0.3 is 5.97 Å². The highest BCUT2D eigenvalue weighted by Crippen LogP contribution is 2.33. The molecule has 0 radical (unpaired) electrons. The van der Waals surface area contributed by atoms with E-state index >= 15 is 4.39 Å². The highest BCUT2D eigenvalue weighted by Gasteiger charge is 2.25. The normalized spacial score (nSPS) is 16.3. The maximum absolute atomic E-state index is 15.0. The molecule has 0 spiro atoms. The Labute approximate surface area is 238 Å². The van der Waals surface area contributed by atoms with Gasteiger partial charge in [-0.2, -0.15) is 0 Å². The molecule has 2 aliphatic rings. The van der Waals surface area contributed by atoms with Crippen LogP contribution in [-0.2, 0) is 33.8 Å².